The van der Waals surface area contributed by atoms with Gasteiger partial charge in [0, 0.05) is 23.0 Å². The van der Waals surface area contributed by atoms with Gasteiger partial charge in [-0.1, -0.05) is 34.6 Å². The highest BCUT2D eigenvalue weighted by molar-refractivity contribution is 9.09. The van der Waals surface area contributed by atoms with Crippen molar-refractivity contribution in [1.29, 1.82) is 0 Å². The van der Waals surface area contributed by atoms with E-state index in [4.69, 9.17) is 0 Å². The molecular weight excluding hydrogens is 318 g/mol. The van der Waals surface area contributed by atoms with Crippen LogP contribution < -0.4 is 0 Å². The maximum atomic E-state index is 11.7. The fourth-order valence-corrected chi connectivity index (χ4v) is 2.45. The second kappa shape index (κ2) is 7.33. The summed E-state index contributed by atoms with van der Waals surface area (Å²) >= 11 is 4.52. The number of rotatable bonds is 5. The normalized spacial score (nSPS) is 11.3. The van der Waals surface area contributed by atoms with Gasteiger partial charge in [0.1, 0.15) is 0 Å². The van der Waals surface area contributed by atoms with E-state index in [-0.39, 0.29) is 10.8 Å². The van der Waals surface area contributed by atoms with Crippen molar-refractivity contribution in [3.8, 4) is 0 Å². The predicted molar refractivity (Wildman–Crippen MR) is 78.0 cm³/mol. The van der Waals surface area contributed by atoms with Crippen LogP contribution in [0.2, 0.25) is 0 Å². The summed E-state index contributed by atoms with van der Waals surface area (Å²) in [4.78, 5) is 21.8. The molecular formula is C12H12BrNO3S. The number of nitro benzene ring substituents is 1. The van der Waals surface area contributed by atoms with Gasteiger partial charge in [0.25, 0.3) is 5.69 Å². The van der Waals surface area contributed by atoms with E-state index in [1.54, 1.807) is 18.2 Å². The summed E-state index contributed by atoms with van der Waals surface area (Å²) in [5.41, 5.74) is 1.47. The Morgan fingerprint density at radius 3 is 2.50 bits per heavy atom. The van der Waals surface area contributed by atoms with Crippen molar-refractivity contribution in [3.05, 3.63) is 45.5 Å². The second-order valence-corrected chi connectivity index (χ2v) is 5.17. The van der Waals surface area contributed by atoms with Gasteiger partial charge < -0.3 is 0 Å². The van der Waals surface area contributed by atoms with Crippen molar-refractivity contribution < 1.29 is 9.72 Å². The second-order valence-electron chi connectivity index (χ2n) is 3.37. The van der Waals surface area contributed by atoms with Crippen molar-refractivity contribution in [2.24, 2.45) is 0 Å². The summed E-state index contributed by atoms with van der Waals surface area (Å²) in [6, 6.07) is 6.11. The van der Waals surface area contributed by atoms with Crippen molar-refractivity contribution in [1.82, 2.24) is 0 Å². The minimum Gasteiger partial charge on any atom is -0.282 e. The third-order valence-corrected chi connectivity index (χ3v) is 3.54. The van der Waals surface area contributed by atoms with E-state index in [0.29, 0.717) is 10.9 Å². The summed E-state index contributed by atoms with van der Waals surface area (Å²) in [6.45, 7) is 1.92. The largest absolute Gasteiger partial charge is 0.282 e. The molecule has 0 saturated heterocycles. The fourth-order valence-electron chi connectivity index (χ4n) is 1.27. The number of alkyl halides is 1. The molecule has 0 N–H and O–H groups in total. The summed E-state index contributed by atoms with van der Waals surface area (Å²) in [5, 5.41) is 11.0. The molecule has 6 heteroatoms. The minimum atomic E-state index is -0.447. The van der Waals surface area contributed by atoms with E-state index in [2.05, 4.69) is 15.9 Å². The number of carbonyl (C=O) groups excluding carboxylic acids is 1. The van der Waals surface area contributed by atoms with Gasteiger partial charge in [-0.15, -0.1) is 0 Å². The molecule has 0 radical (unpaired) electrons. The van der Waals surface area contributed by atoms with Crippen molar-refractivity contribution in [2.45, 2.75) is 6.92 Å². The molecule has 18 heavy (non-hydrogen) atoms. The minimum absolute atomic E-state index is 0.0210. The number of halogens is 1. The van der Waals surface area contributed by atoms with Crippen LogP contribution in [0.4, 0.5) is 5.69 Å². The Labute approximate surface area is 118 Å². The van der Waals surface area contributed by atoms with E-state index >= 15 is 0 Å². The van der Waals surface area contributed by atoms with Gasteiger partial charge in [-0.2, -0.15) is 0 Å². The van der Waals surface area contributed by atoms with Crippen LogP contribution in [-0.4, -0.2) is 21.1 Å². The van der Waals surface area contributed by atoms with Crippen LogP contribution in [0.1, 0.15) is 12.5 Å². The van der Waals surface area contributed by atoms with E-state index in [1.165, 1.54) is 23.9 Å². The number of non-ortho nitro benzene ring substituents is 1. The molecule has 0 heterocycles. The SMILES string of the molecule is CCSC(=O)/C(=C/c1ccc([N+](=O)[O-])cc1)CBr. The Bertz CT molecular complexity index is 471. The van der Waals surface area contributed by atoms with Crippen molar-refractivity contribution >= 4 is 44.6 Å². The van der Waals surface area contributed by atoms with E-state index in [0.717, 1.165) is 11.3 Å². The molecule has 0 atom stereocenters. The Morgan fingerprint density at radius 1 is 1.44 bits per heavy atom. The first-order valence-corrected chi connectivity index (χ1v) is 7.37. The number of carbonyl (C=O) groups is 1. The Morgan fingerprint density at radius 2 is 2.06 bits per heavy atom. The quantitative estimate of drug-likeness (QED) is 0.358. The topological polar surface area (TPSA) is 60.2 Å². The number of benzene rings is 1. The highest BCUT2D eigenvalue weighted by Gasteiger charge is 2.09. The highest BCUT2D eigenvalue weighted by atomic mass is 79.9. The molecule has 96 valence electrons. The zero-order valence-electron chi connectivity index (χ0n) is 9.76. The average molecular weight is 330 g/mol. The molecule has 0 bridgehead atoms. The van der Waals surface area contributed by atoms with Gasteiger partial charge in [0.2, 0.25) is 5.12 Å². The number of hydrogen-bond acceptors (Lipinski definition) is 4. The predicted octanol–water partition coefficient (Wildman–Crippen LogP) is 3.65. The lowest BCUT2D eigenvalue weighted by Gasteiger charge is -2.01. The first kappa shape index (κ1) is 14.9. The van der Waals surface area contributed by atoms with Gasteiger partial charge in [-0.3, -0.25) is 14.9 Å². The van der Waals surface area contributed by atoms with E-state index in [9.17, 15) is 14.9 Å². The Balaban J connectivity index is 2.92. The lowest BCUT2D eigenvalue weighted by atomic mass is 10.1. The molecule has 0 aromatic heterocycles. The van der Waals surface area contributed by atoms with Crippen LogP contribution in [-0.2, 0) is 4.79 Å². The van der Waals surface area contributed by atoms with Crippen LogP contribution >= 0.6 is 27.7 Å². The standard InChI is InChI=1S/C12H12BrNO3S/c1-2-18-12(15)10(8-13)7-9-3-5-11(6-4-9)14(16)17/h3-7H,2,8H2,1H3/b10-7+. The molecule has 1 aromatic carbocycles. The first-order valence-electron chi connectivity index (χ1n) is 5.26. The number of thioether (sulfide) groups is 1. The van der Waals surface area contributed by atoms with Gasteiger partial charge >= 0.3 is 0 Å². The summed E-state index contributed by atoms with van der Waals surface area (Å²) in [5.74, 6) is 0.726. The molecule has 0 unspecified atom stereocenters. The molecule has 0 aliphatic carbocycles. The third-order valence-electron chi connectivity index (χ3n) is 2.13. The van der Waals surface area contributed by atoms with Gasteiger partial charge in [-0.05, 0) is 29.5 Å². The average Bonchev–Trinajstić information content (AvgIpc) is 2.36. The Hall–Kier alpha value is -1.14. The molecule has 0 fully saturated rings. The van der Waals surface area contributed by atoms with Gasteiger partial charge in [0.05, 0.1) is 4.92 Å². The first-order chi connectivity index (χ1) is 8.58. The van der Waals surface area contributed by atoms with E-state index in [1.807, 2.05) is 6.92 Å². The molecule has 0 amide bonds. The molecule has 1 rings (SSSR count). The van der Waals surface area contributed by atoms with Gasteiger partial charge in [0.15, 0.2) is 0 Å². The fraction of sp³-hybridized carbons (Fsp3) is 0.250. The molecule has 4 nitrogen and oxygen atoms in total. The van der Waals surface area contributed by atoms with E-state index < -0.39 is 4.92 Å². The molecule has 0 aliphatic heterocycles. The monoisotopic (exact) mass is 329 g/mol. The summed E-state index contributed by atoms with van der Waals surface area (Å²) in [7, 11) is 0. The van der Waals surface area contributed by atoms with Crippen LogP contribution in [0.5, 0.6) is 0 Å². The zero-order valence-corrected chi connectivity index (χ0v) is 12.2. The lowest BCUT2D eigenvalue weighted by Crippen LogP contribution is -1.99. The van der Waals surface area contributed by atoms with Crippen LogP contribution in [0.25, 0.3) is 6.08 Å². The number of nitro groups is 1. The third kappa shape index (κ3) is 4.27. The van der Waals surface area contributed by atoms with Gasteiger partial charge in [-0.25, -0.2) is 0 Å². The number of hydrogen-bond donors (Lipinski definition) is 0. The van der Waals surface area contributed by atoms with Crippen molar-refractivity contribution in [2.75, 3.05) is 11.1 Å². The highest BCUT2D eigenvalue weighted by Crippen LogP contribution is 2.18. The van der Waals surface area contributed by atoms with Crippen LogP contribution in [0, 0.1) is 10.1 Å². The summed E-state index contributed by atoms with van der Waals surface area (Å²) < 4.78 is 0. The van der Waals surface area contributed by atoms with Crippen LogP contribution in [0.15, 0.2) is 29.8 Å². The smallest absolute Gasteiger partial charge is 0.269 e. The van der Waals surface area contributed by atoms with Crippen molar-refractivity contribution in [3.63, 3.8) is 0 Å². The van der Waals surface area contributed by atoms with Crippen LogP contribution in [0.3, 0.4) is 0 Å². The Kier molecular flexibility index (Phi) is 6.07. The zero-order chi connectivity index (χ0) is 13.5. The molecule has 0 spiro atoms. The molecule has 0 aliphatic rings. The maximum absolute atomic E-state index is 11.7. The number of nitrogens with zero attached hydrogens (tertiary/aromatic N) is 1. The molecule has 0 saturated carbocycles. The summed E-state index contributed by atoms with van der Waals surface area (Å²) in [6.07, 6.45) is 1.74. The molecule has 1 aromatic rings. The lowest BCUT2D eigenvalue weighted by molar-refractivity contribution is -0.384. The maximum Gasteiger partial charge on any atom is 0.269 e.